The number of hydrogen-bond acceptors (Lipinski definition) is 3. The molecule has 0 spiro atoms. The summed E-state index contributed by atoms with van der Waals surface area (Å²) in [5.41, 5.74) is 2.57. The molecule has 1 heterocycles. The second-order valence-corrected chi connectivity index (χ2v) is 6.79. The van der Waals surface area contributed by atoms with Gasteiger partial charge in [0.15, 0.2) is 0 Å². The second kappa shape index (κ2) is 7.22. The molecule has 1 aliphatic heterocycles. The zero-order valence-corrected chi connectivity index (χ0v) is 14.8. The van der Waals surface area contributed by atoms with Gasteiger partial charge in [-0.15, -0.1) is 0 Å². The molecule has 3 rings (SSSR count). The standard InChI is InChI=1S/C20H26N2O2/c1-21(2)19-9-8-16(17-6-4-5-7-18(17)19)12-15-13-20(23)22(14-15)10-11-24-3/h4-9,15H,10-14H2,1-3H3/t15-/m1/s1. The van der Waals surface area contributed by atoms with Gasteiger partial charge in [0.2, 0.25) is 5.91 Å². The molecule has 1 aliphatic rings. The van der Waals surface area contributed by atoms with Gasteiger partial charge in [0.1, 0.15) is 0 Å². The molecule has 0 N–H and O–H groups in total. The first-order valence-electron chi connectivity index (χ1n) is 8.55. The Hall–Kier alpha value is -2.07. The molecule has 2 aromatic rings. The van der Waals surface area contributed by atoms with E-state index in [0.717, 1.165) is 13.0 Å². The largest absolute Gasteiger partial charge is 0.383 e. The van der Waals surface area contributed by atoms with Crippen LogP contribution in [0.15, 0.2) is 36.4 Å². The molecular formula is C20H26N2O2. The Balaban J connectivity index is 1.81. The number of amides is 1. The van der Waals surface area contributed by atoms with Gasteiger partial charge in [0, 0.05) is 51.8 Å². The fourth-order valence-electron chi connectivity index (χ4n) is 3.63. The molecule has 1 saturated heterocycles. The molecule has 128 valence electrons. The van der Waals surface area contributed by atoms with E-state index in [2.05, 4.69) is 55.4 Å². The molecule has 24 heavy (non-hydrogen) atoms. The summed E-state index contributed by atoms with van der Waals surface area (Å²) >= 11 is 0. The van der Waals surface area contributed by atoms with E-state index < -0.39 is 0 Å². The van der Waals surface area contributed by atoms with Crippen molar-refractivity contribution in [2.45, 2.75) is 12.8 Å². The third kappa shape index (κ3) is 3.39. The van der Waals surface area contributed by atoms with Crippen LogP contribution in [0.2, 0.25) is 0 Å². The Labute approximate surface area is 144 Å². The smallest absolute Gasteiger partial charge is 0.223 e. The third-order valence-electron chi connectivity index (χ3n) is 4.84. The maximum atomic E-state index is 12.2. The van der Waals surface area contributed by atoms with Crippen LogP contribution in [-0.2, 0) is 16.0 Å². The Morgan fingerprint density at radius 2 is 1.92 bits per heavy atom. The third-order valence-corrected chi connectivity index (χ3v) is 4.84. The molecule has 1 atom stereocenters. The van der Waals surface area contributed by atoms with Gasteiger partial charge < -0.3 is 14.5 Å². The van der Waals surface area contributed by atoms with Crippen molar-refractivity contribution in [1.29, 1.82) is 0 Å². The molecule has 0 radical (unpaired) electrons. The zero-order valence-electron chi connectivity index (χ0n) is 14.8. The Morgan fingerprint density at radius 3 is 2.62 bits per heavy atom. The molecule has 4 nitrogen and oxygen atoms in total. The average molecular weight is 326 g/mol. The molecule has 2 aromatic carbocycles. The van der Waals surface area contributed by atoms with Gasteiger partial charge in [-0.05, 0) is 29.4 Å². The van der Waals surface area contributed by atoms with Gasteiger partial charge in [-0.3, -0.25) is 4.79 Å². The normalized spacial score (nSPS) is 17.7. The van der Waals surface area contributed by atoms with Crippen molar-refractivity contribution < 1.29 is 9.53 Å². The van der Waals surface area contributed by atoms with Crippen molar-refractivity contribution in [1.82, 2.24) is 4.90 Å². The lowest BCUT2D eigenvalue weighted by atomic mass is 9.93. The topological polar surface area (TPSA) is 32.8 Å². The highest BCUT2D eigenvalue weighted by atomic mass is 16.5. The number of hydrogen-bond donors (Lipinski definition) is 0. The van der Waals surface area contributed by atoms with Crippen molar-refractivity contribution in [3.05, 3.63) is 42.0 Å². The van der Waals surface area contributed by atoms with Gasteiger partial charge in [0.25, 0.3) is 0 Å². The summed E-state index contributed by atoms with van der Waals surface area (Å²) in [6.07, 6.45) is 1.59. The summed E-state index contributed by atoms with van der Waals surface area (Å²) in [6, 6.07) is 13.0. The van der Waals surface area contributed by atoms with Crippen LogP contribution in [-0.4, -0.2) is 51.7 Å². The van der Waals surface area contributed by atoms with Crippen molar-refractivity contribution in [3.63, 3.8) is 0 Å². The number of anilines is 1. The number of rotatable bonds is 6. The first-order chi connectivity index (χ1) is 11.6. The number of carbonyl (C=O) groups excluding carboxylic acids is 1. The van der Waals surface area contributed by atoms with Gasteiger partial charge >= 0.3 is 0 Å². The molecule has 0 bridgehead atoms. The van der Waals surface area contributed by atoms with E-state index in [4.69, 9.17) is 4.74 Å². The number of carbonyl (C=O) groups is 1. The van der Waals surface area contributed by atoms with Crippen LogP contribution >= 0.6 is 0 Å². The molecule has 4 heteroatoms. The van der Waals surface area contributed by atoms with Crippen LogP contribution in [0.4, 0.5) is 5.69 Å². The summed E-state index contributed by atoms with van der Waals surface area (Å²) in [6.45, 7) is 2.15. The van der Waals surface area contributed by atoms with Crippen LogP contribution in [0.5, 0.6) is 0 Å². The summed E-state index contributed by atoms with van der Waals surface area (Å²) in [5, 5.41) is 2.58. The van der Waals surface area contributed by atoms with Gasteiger partial charge in [-0.25, -0.2) is 0 Å². The molecule has 1 fully saturated rings. The number of methoxy groups -OCH3 is 1. The fraction of sp³-hybridized carbons (Fsp3) is 0.450. The summed E-state index contributed by atoms with van der Waals surface area (Å²) in [5.74, 6) is 0.647. The molecule has 0 unspecified atom stereocenters. The molecule has 1 amide bonds. The Kier molecular flexibility index (Phi) is 5.05. The van der Waals surface area contributed by atoms with Crippen LogP contribution in [0.1, 0.15) is 12.0 Å². The van der Waals surface area contributed by atoms with E-state index >= 15 is 0 Å². The fourth-order valence-corrected chi connectivity index (χ4v) is 3.63. The molecule has 0 aromatic heterocycles. The molecule has 0 saturated carbocycles. The van der Waals surface area contributed by atoms with E-state index in [9.17, 15) is 4.79 Å². The minimum absolute atomic E-state index is 0.256. The number of benzene rings is 2. The highest BCUT2D eigenvalue weighted by molar-refractivity contribution is 5.96. The van der Waals surface area contributed by atoms with Crippen LogP contribution in [0, 0.1) is 5.92 Å². The second-order valence-electron chi connectivity index (χ2n) is 6.79. The van der Waals surface area contributed by atoms with Crippen molar-refractivity contribution in [3.8, 4) is 0 Å². The first kappa shape index (κ1) is 16.8. The number of fused-ring (bicyclic) bond motifs is 1. The predicted octanol–water partition coefficient (Wildman–Crippen LogP) is 2.94. The first-order valence-corrected chi connectivity index (χ1v) is 8.55. The van der Waals surface area contributed by atoms with Crippen LogP contribution < -0.4 is 4.90 Å². The summed E-state index contributed by atoms with van der Waals surface area (Å²) < 4.78 is 5.10. The minimum atomic E-state index is 0.256. The SMILES string of the molecule is COCCN1C[C@H](Cc2ccc(N(C)C)c3ccccc23)CC1=O. The number of likely N-dealkylation sites (tertiary alicyclic amines) is 1. The van der Waals surface area contributed by atoms with Gasteiger partial charge in [0.05, 0.1) is 6.61 Å². The average Bonchev–Trinajstić information content (AvgIpc) is 2.92. The quantitative estimate of drug-likeness (QED) is 0.818. The highest BCUT2D eigenvalue weighted by Crippen LogP contribution is 2.31. The number of ether oxygens (including phenoxy) is 1. The van der Waals surface area contributed by atoms with Crippen LogP contribution in [0.25, 0.3) is 10.8 Å². The lowest BCUT2D eigenvalue weighted by Gasteiger charge is -2.19. The van der Waals surface area contributed by atoms with Crippen molar-refractivity contribution in [2.75, 3.05) is 45.8 Å². The molecular weight excluding hydrogens is 300 g/mol. The van der Waals surface area contributed by atoms with E-state index in [-0.39, 0.29) is 5.91 Å². The Morgan fingerprint density at radius 1 is 1.17 bits per heavy atom. The summed E-state index contributed by atoms with van der Waals surface area (Å²) in [7, 11) is 5.83. The van der Waals surface area contributed by atoms with Crippen LogP contribution in [0.3, 0.4) is 0 Å². The lowest BCUT2D eigenvalue weighted by molar-refractivity contribution is -0.128. The minimum Gasteiger partial charge on any atom is -0.383 e. The highest BCUT2D eigenvalue weighted by Gasteiger charge is 2.29. The number of nitrogens with zero attached hydrogens (tertiary/aromatic N) is 2. The predicted molar refractivity (Wildman–Crippen MR) is 98.5 cm³/mol. The lowest BCUT2D eigenvalue weighted by Crippen LogP contribution is -2.28. The maximum Gasteiger partial charge on any atom is 0.223 e. The van der Waals surface area contributed by atoms with E-state index in [0.29, 0.717) is 25.5 Å². The van der Waals surface area contributed by atoms with Gasteiger partial charge in [-0.1, -0.05) is 30.3 Å². The van der Waals surface area contributed by atoms with Gasteiger partial charge in [-0.2, -0.15) is 0 Å². The van der Waals surface area contributed by atoms with Crippen molar-refractivity contribution >= 4 is 22.4 Å². The van der Waals surface area contributed by atoms with Crippen molar-refractivity contribution in [2.24, 2.45) is 5.92 Å². The monoisotopic (exact) mass is 326 g/mol. The van der Waals surface area contributed by atoms with E-state index in [1.54, 1.807) is 7.11 Å². The zero-order chi connectivity index (χ0) is 17.1. The summed E-state index contributed by atoms with van der Waals surface area (Å²) in [4.78, 5) is 16.2. The van der Waals surface area contributed by atoms with E-state index in [1.807, 2.05) is 4.90 Å². The maximum absolute atomic E-state index is 12.2. The van der Waals surface area contributed by atoms with E-state index in [1.165, 1.54) is 22.0 Å². The Bertz CT molecular complexity index is 727. The molecule has 0 aliphatic carbocycles.